The van der Waals surface area contributed by atoms with Gasteiger partial charge in [0.25, 0.3) is 5.91 Å². The number of Topliss-reactive ketones (excluding diaryl/α,β-unsaturated/α-hetero) is 2. The number of anilines is 1. The number of fused-ring (bicyclic) bond motifs is 3. The second-order valence-corrected chi connectivity index (χ2v) is 9.59. The Morgan fingerprint density at radius 2 is 1.83 bits per heavy atom. The lowest BCUT2D eigenvalue weighted by Gasteiger charge is -2.51. The summed E-state index contributed by atoms with van der Waals surface area (Å²) in [5, 5.41) is 44.4. The van der Waals surface area contributed by atoms with Crippen LogP contribution in [-0.2, 0) is 23.9 Å². The molecule has 0 spiro atoms. The standard InChI is InChI=1S/C25H28N2O9/c1-5-14(30)36-21-10-8-13(29)18(24(26)34)22(32)25(10,35)23(33)19-16(21)9(2)15-11(27(3)4)6-7-12(28)17(15)20(19)31/h6-7,9-10,16,21,28,31-32,35H,5,8H2,1-4H3,(H2,26,34)/t9-,10+,16+,21+,25+/m0/s1. The van der Waals surface area contributed by atoms with E-state index >= 15 is 0 Å². The average Bonchev–Trinajstić information content (AvgIpc) is 2.80. The number of phenols is 1. The Labute approximate surface area is 206 Å². The summed E-state index contributed by atoms with van der Waals surface area (Å²) in [5.74, 6) is -9.50. The lowest BCUT2D eigenvalue weighted by molar-refractivity contribution is -0.178. The van der Waals surface area contributed by atoms with Crippen LogP contribution in [0.2, 0.25) is 0 Å². The summed E-state index contributed by atoms with van der Waals surface area (Å²) < 4.78 is 5.68. The van der Waals surface area contributed by atoms with Gasteiger partial charge in [-0.1, -0.05) is 13.8 Å². The molecule has 0 radical (unpaired) electrons. The summed E-state index contributed by atoms with van der Waals surface area (Å²) in [4.78, 5) is 52.7. The predicted molar refractivity (Wildman–Crippen MR) is 126 cm³/mol. The number of ether oxygens (including phenoxy) is 1. The number of primary amides is 1. The number of ketones is 2. The molecule has 0 bridgehead atoms. The summed E-state index contributed by atoms with van der Waals surface area (Å²) in [6.45, 7) is 3.25. The van der Waals surface area contributed by atoms with Crippen LogP contribution >= 0.6 is 0 Å². The van der Waals surface area contributed by atoms with Crippen molar-refractivity contribution in [3.05, 3.63) is 40.2 Å². The molecule has 0 saturated heterocycles. The van der Waals surface area contributed by atoms with Crippen molar-refractivity contribution in [2.75, 3.05) is 19.0 Å². The van der Waals surface area contributed by atoms with Crippen LogP contribution in [0.1, 0.15) is 43.7 Å². The lowest BCUT2D eigenvalue weighted by atomic mass is 9.55. The summed E-state index contributed by atoms with van der Waals surface area (Å²) in [6, 6.07) is 2.98. The summed E-state index contributed by atoms with van der Waals surface area (Å²) in [7, 11) is 3.51. The average molecular weight is 501 g/mol. The maximum absolute atomic E-state index is 13.8. The number of benzene rings is 1. The molecule has 3 aliphatic carbocycles. The van der Waals surface area contributed by atoms with E-state index in [0.29, 0.717) is 11.3 Å². The molecule has 3 aliphatic rings. The van der Waals surface area contributed by atoms with Gasteiger partial charge in [-0.25, -0.2) is 0 Å². The van der Waals surface area contributed by atoms with Gasteiger partial charge in [-0.05, 0) is 23.6 Å². The Hall–Kier alpha value is -3.86. The summed E-state index contributed by atoms with van der Waals surface area (Å²) in [5.41, 5.74) is 2.10. The van der Waals surface area contributed by atoms with Crippen molar-refractivity contribution < 1.29 is 44.3 Å². The van der Waals surface area contributed by atoms with Gasteiger partial charge in [0.1, 0.15) is 28.9 Å². The second kappa shape index (κ2) is 8.37. The fraction of sp³-hybridized carbons (Fsp3) is 0.440. The number of hydrogen-bond acceptors (Lipinski definition) is 10. The third-order valence-electron chi connectivity index (χ3n) is 7.46. The third-order valence-corrected chi connectivity index (χ3v) is 7.46. The Bertz CT molecular complexity index is 1280. The first-order valence-corrected chi connectivity index (χ1v) is 11.5. The molecule has 11 nitrogen and oxygen atoms in total. The highest BCUT2D eigenvalue weighted by molar-refractivity contribution is 6.23. The smallest absolute Gasteiger partial charge is 0.305 e. The predicted octanol–water partition coefficient (Wildman–Crippen LogP) is 0.983. The van der Waals surface area contributed by atoms with Crippen LogP contribution in [-0.4, -0.2) is 69.7 Å². The van der Waals surface area contributed by atoms with Crippen LogP contribution < -0.4 is 10.6 Å². The van der Waals surface area contributed by atoms with E-state index in [0.717, 1.165) is 0 Å². The zero-order chi connectivity index (χ0) is 26.9. The number of aliphatic hydroxyl groups excluding tert-OH is 2. The number of esters is 1. The van der Waals surface area contributed by atoms with E-state index in [-0.39, 0.29) is 17.7 Å². The SMILES string of the molecule is CCC(=O)O[C@H]1[C@H]2C(=C(O)c3c(O)ccc(N(C)C)c3[C@@H]2C)C(=O)[C@]2(O)C(O)=C(C(N)=O)C(=O)C[C@H]12. The molecule has 0 aliphatic heterocycles. The molecule has 1 saturated carbocycles. The maximum Gasteiger partial charge on any atom is 0.305 e. The molecule has 1 aromatic rings. The van der Waals surface area contributed by atoms with Gasteiger partial charge in [0.15, 0.2) is 11.4 Å². The van der Waals surface area contributed by atoms with E-state index in [1.165, 1.54) is 13.0 Å². The Morgan fingerprint density at radius 1 is 1.19 bits per heavy atom. The van der Waals surface area contributed by atoms with Crippen molar-refractivity contribution in [1.29, 1.82) is 0 Å². The van der Waals surface area contributed by atoms with E-state index in [9.17, 15) is 39.6 Å². The fourth-order valence-electron chi connectivity index (χ4n) is 5.80. The van der Waals surface area contributed by atoms with Gasteiger partial charge in [0, 0.05) is 50.0 Å². The molecule has 5 atom stereocenters. The topological polar surface area (TPSA) is 188 Å². The molecule has 36 heavy (non-hydrogen) atoms. The van der Waals surface area contributed by atoms with Crippen molar-refractivity contribution in [3.8, 4) is 5.75 Å². The van der Waals surface area contributed by atoms with Crippen LogP contribution in [0.15, 0.2) is 29.0 Å². The van der Waals surface area contributed by atoms with E-state index in [1.54, 1.807) is 32.0 Å². The molecule has 0 aromatic heterocycles. The Balaban J connectivity index is 2.08. The van der Waals surface area contributed by atoms with Crippen molar-refractivity contribution >= 4 is 34.9 Å². The molecular formula is C25H28N2O9. The van der Waals surface area contributed by atoms with Gasteiger partial charge >= 0.3 is 5.97 Å². The first-order chi connectivity index (χ1) is 16.8. The van der Waals surface area contributed by atoms with Crippen LogP contribution in [0, 0.1) is 11.8 Å². The molecule has 0 unspecified atom stereocenters. The van der Waals surface area contributed by atoms with Gasteiger partial charge < -0.3 is 35.8 Å². The first-order valence-electron chi connectivity index (χ1n) is 11.5. The second-order valence-electron chi connectivity index (χ2n) is 9.59. The van der Waals surface area contributed by atoms with Gasteiger partial charge in [-0.15, -0.1) is 0 Å². The quantitative estimate of drug-likeness (QED) is 0.294. The molecule has 1 amide bonds. The van der Waals surface area contributed by atoms with Crippen molar-refractivity contribution in [1.82, 2.24) is 0 Å². The number of phenolic OH excluding ortho intramolecular Hbond substituents is 1. The summed E-state index contributed by atoms with van der Waals surface area (Å²) in [6.07, 6.45) is -2.03. The zero-order valence-corrected chi connectivity index (χ0v) is 20.2. The Kier molecular flexibility index (Phi) is 5.87. The highest BCUT2D eigenvalue weighted by Crippen LogP contribution is 2.57. The number of carbonyl (C=O) groups excluding carboxylic acids is 4. The van der Waals surface area contributed by atoms with E-state index in [1.807, 2.05) is 0 Å². The van der Waals surface area contributed by atoms with Gasteiger partial charge in [-0.2, -0.15) is 0 Å². The fourth-order valence-corrected chi connectivity index (χ4v) is 5.80. The normalized spacial score (nSPS) is 29.4. The highest BCUT2D eigenvalue weighted by atomic mass is 16.5. The number of amides is 1. The Morgan fingerprint density at radius 3 is 2.39 bits per heavy atom. The molecule has 192 valence electrons. The minimum Gasteiger partial charge on any atom is -0.508 e. The van der Waals surface area contributed by atoms with Crippen LogP contribution in [0.4, 0.5) is 5.69 Å². The highest BCUT2D eigenvalue weighted by Gasteiger charge is 2.66. The lowest BCUT2D eigenvalue weighted by Crippen LogP contribution is -2.64. The molecule has 1 fully saturated rings. The number of rotatable bonds is 4. The number of hydrogen-bond donors (Lipinski definition) is 5. The van der Waals surface area contributed by atoms with Crippen molar-refractivity contribution in [2.45, 2.75) is 44.3 Å². The van der Waals surface area contributed by atoms with E-state index in [2.05, 4.69) is 0 Å². The van der Waals surface area contributed by atoms with E-state index < -0.39 is 82.0 Å². The van der Waals surface area contributed by atoms with Crippen LogP contribution in [0.25, 0.3) is 5.76 Å². The van der Waals surface area contributed by atoms with Crippen molar-refractivity contribution in [3.63, 3.8) is 0 Å². The molecule has 4 rings (SSSR count). The molecule has 1 aromatic carbocycles. The zero-order valence-electron chi connectivity index (χ0n) is 20.2. The maximum atomic E-state index is 13.8. The molecule has 11 heteroatoms. The van der Waals surface area contributed by atoms with Crippen molar-refractivity contribution in [2.24, 2.45) is 17.6 Å². The summed E-state index contributed by atoms with van der Waals surface area (Å²) >= 11 is 0. The first kappa shape index (κ1) is 25.2. The number of aromatic hydroxyl groups is 1. The minimum atomic E-state index is -2.87. The minimum absolute atomic E-state index is 0.0404. The van der Waals surface area contributed by atoms with Crippen LogP contribution in [0.5, 0.6) is 5.75 Å². The number of carbonyl (C=O) groups is 4. The third kappa shape index (κ3) is 3.22. The number of nitrogens with two attached hydrogens (primary N) is 1. The van der Waals surface area contributed by atoms with E-state index in [4.69, 9.17) is 10.5 Å². The van der Waals surface area contributed by atoms with Gasteiger partial charge in [0.2, 0.25) is 5.78 Å². The molecular weight excluding hydrogens is 472 g/mol. The number of nitrogens with zero attached hydrogens (tertiary/aromatic N) is 1. The molecule has 0 heterocycles. The monoisotopic (exact) mass is 500 g/mol. The molecule has 6 N–H and O–H groups in total. The number of aliphatic hydroxyl groups is 3. The van der Waals surface area contributed by atoms with Crippen LogP contribution in [0.3, 0.4) is 0 Å². The van der Waals surface area contributed by atoms with Gasteiger partial charge in [-0.3, -0.25) is 19.2 Å². The largest absolute Gasteiger partial charge is 0.508 e. The van der Waals surface area contributed by atoms with Gasteiger partial charge in [0.05, 0.1) is 5.56 Å².